The lowest BCUT2D eigenvalue weighted by molar-refractivity contribution is -0.153. The average Bonchev–Trinajstić information content (AvgIpc) is 2.48. The second kappa shape index (κ2) is 7.65. The summed E-state index contributed by atoms with van der Waals surface area (Å²) in [7, 11) is 0. The lowest BCUT2D eigenvalue weighted by Gasteiger charge is -2.23. The molecule has 1 unspecified atom stereocenters. The van der Waals surface area contributed by atoms with Gasteiger partial charge in [0.1, 0.15) is 5.75 Å². The number of ether oxygens (including phenoxy) is 2. The molecule has 8 heteroatoms. The number of alkyl halides is 3. The van der Waals surface area contributed by atoms with Gasteiger partial charge in [-0.3, -0.25) is 4.79 Å². The van der Waals surface area contributed by atoms with E-state index >= 15 is 0 Å². The summed E-state index contributed by atoms with van der Waals surface area (Å²) in [6.45, 7) is 2.01. The second-order valence-corrected chi connectivity index (χ2v) is 5.31. The van der Waals surface area contributed by atoms with E-state index in [0.717, 1.165) is 0 Å². The smallest absolute Gasteiger partial charge is 0.422 e. The zero-order valence-electron chi connectivity index (χ0n) is 12.7. The summed E-state index contributed by atoms with van der Waals surface area (Å²) < 4.78 is 46.7. The Morgan fingerprint density at radius 3 is 2.91 bits per heavy atom. The molecule has 0 aromatic heterocycles. The van der Waals surface area contributed by atoms with Crippen LogP contribution in [0.4, 0.5) is 18.9 Å². The summed E-state index contributed by atoms with van der Waals surface area (Å²) in [5.41, 5.74) is 0.893. The molecule has 1 aliphatic rings. The molecule has 1 aromatic rings. The van der Waals surface area contributed by atoms with Crippen LogP contribution in [0.3, 0.4) is 0 Å². The number of amides is 1. The fourth-order valence-electron chi connectivity index (χ4n) is 2.24. The van der Waals surface area contributed by atoms with E-state index in [4.69, 9.17) is 9.47 Å². The Labute approximate surface area is 132 Å². The number of carbonyl (C=O) groups excluding carboxylic acids is 1. The van der Waals surface area contributed by atoms with Gasteiger partial charge < -0.3 is 20.1 Å². The van der Waals surface area contributed by atoms with Crippen LogP contribution in [-0.4, -0.2) is 44.5 Å². The normalized spacial score (nSPS) is 18.5. The van der Waals surface area contributed by atoms with Crippen molar-refractivity contribution in [2.75, 3.05) is 31.7 Å². The molecule has 1 saturated heterocycles. The van der Waals surface area contributed by atoms with Gasteiger partial charge in [0.05, 0.1) is 13.2 Å². The highest BCUT2D eigenvalue weighted by atomic mass is 19.4. The number of benzene rings is 1. The Hall–Kier alpha value is -1.80. The molecule has 0 spiro atoms. The zero-order chi connectivity index (χ0) is 16.9. The van der Waals surface area contributed by atoms with Gasteiger partial charge >= 0.3 is 6.18 Å². The summed E-state index contributed by atoms with van der Waals surface area (Å²) >= 11 is 0. The molecule has 1 fully saturated rings. The van der Waals surface area contributed by atoms with Gasteiger partial charge in [-0.2, -0.15) is 13.2 Å². The first-order valence-electron chi connectivity index (χ1n) is 7.25. The third-order valence-corrected chi connectivity index (χ3v) is 3.38. The van der Waals surface area contributed by atoms with E-state index in [9.17, 15) is 18.0 Å². The SMILES string of the molecule is Cc1c(NC(=O)CC2COCCN2)cccc1OCC(F)(F)F. The van der Waals surface area contributed by atoms with Gasteiger partial charge in [-0.15, -0.1) is 0 Å². The van der Waals surface area contributed by atoms with Gasteiger partial charge in [0.2, 0.25) is 5.91 Å². The Bertz CT molecular complexity index is 543. The summed E-state index contributed by atoms with van der Waals surface area (Å²) in [6, 6.07) is 4.54. The van der Waals surface area contributed by atoms with Crippen LogP contribution in [0.1, 0.15) is 12.0 Å². The number of carbonyl (C=O) groups is 1. The third-order valence-electron chi connectivity index (χ3n) is 3.38. The van der Waals surface area contributed by atoms with E-state index in [2.05, 4.69) is 10.6 Å². The summed E-state index contributed by atoms with van der Waals surface area (Å²) in [5.74, 6) is -0.136. The molecule has 23 heavy (non-hydrogen) atoms. The van der Waals surface area contributed by atoms with Crippen molar-refractivity contribution in [2.45, 2.75) is 25.6 Å². The van der Waals surface area contributed by atoms with Crippen molar-refractivity contribution in [3.8, 4) is 5.75 Å². The van der Waals surface area contributed by atoms with Gasteiger partial charge in [-0.1, -0.05) is 6.07 Å². The standard InChI is InChI=1S/C15H19F3N2O3/c1-10-12(3-2-4-13(10)23-9-15(16,17)18)20-14(21)7-11-8-22-6-5-19-11/h2-4,11,19H,5-9H2,1H3,(H,20,21). The number of hydrogen-bond donors (Lipinski definition) is 2. The molecule has 0 aliphatic carbocycles. The maximum atomic E-state index is 12.2. The first kappa shape index (κ1) is 17.6. The Morgan fingerprint density at radius 1 is 1.48 bits per heavy atom. The minimum atomic E-state index is -4.40. The molecule has 1 atom stereocenters. The van der Waals surface area contributed by atoms with Gasteiger partial charge in [-0.05, 0) is 19.1 Å². The molecule has 0 saturated carbocycles. The van der Waals surface area contributed by atoms with Crippen molar-refractivity contribution < 1.29 is 27.4 Å². The lowest BCUT2D eigenvalue weighted by Crippen LogP contribution is -2.43. The van der Waals surface area contributed by atoms with Gasteiger partial charge in [-0.25, -0.2) is 0 Å². The number of anilines is 1. The molecule has 2 rings (SSSR count). The monoisotopic (exact) mass is 332 g/mol. The van der Waals surface area contributed by atoms with Crippen molar-refractivity contribution in [3.63, 3.8) is 0 Å². The molecule has 1 aromatic carbocycles. The maximum Gasteiger partial charge on any atom is 0.422 e. The van der Waals surface area contributed by atoms with Crippen LogP contribution >= 0.6 is 0 Å². The summed E-state index contributed by atoms with van der Waals surface area (Å²) in [4.78, 5) is 12.0. The third kappa shape index (κ3) is 5.72. The molecular weight excluding hydrogens is 313 g/mol. The van der Waals surface area contributed by atoms with Crippen LogP contribution in [0.15, 0.2) is 18.2 Å². The van der Waals surface area contributed by atoms with E-state index in [-0.39, 0.29) is 24.1 Å². The molecule has 1 aliphatic heterocycles. The highest BCUT2D eigenvalue weighted by molar-refractivity contribution is 5.92. The van der Waals surface area contributed by atoms with Gasteiger partial charge in [0.25, 0.3) is 0 Å². The summed E-state index contributed by atoms with van der Waals surface area (Å²) in [5, 5.41) is 5.86. The van der Waals surface area contributed by atoms with Crippen molar-refractivity contribution >= 4 is 11.6 Å². The topological polar surface area (TPSA) is 59.6 Å². The van der Waals surface area contributed by atoms with Crippen molar-refractivity contribution in [1.29, 1.82) is 0 Å². The minimum absolute atomic E-state index is 0.0614. The Morgan fingerprint density at radius 2 is 2.26 bits per heavy atom. The predicted molar refractivity (Wildman–Crippen MR) is 78.6 cm³/mol. The molecule has 0 radical (unpaired) electrons. The fourth-order valence-corrected chi connectivity index (χ4v) is 2.24. The van der Waals surface area contributed by atoms with Gasteiger partial charge in [0, 0.05) is 30.3 Å². The lowest BCUT2D eigenvalue weighted by atomic mass is 10.1. The number of hydrogen-bond acceptors (Lipinski definition) is 4. The zero-order valence-corrected chi connectivity index (χ0v) is 12.7. The summed E-state index contributed by atoms with van der Waals surface area (Å²) in [6.07, 6.45) is -4.18. The molecule has 2 N–H and O–H groups in total. The molecule has 0 bridgehead atoms. The van der Waals surface area contributed by atoms with E-state index in [1.807, 2.05) is 0 Å². The molecule has 1 heterocycles. The quantitative estimate of drug-likeness (QED) is 0.868. The van der Waals surface area contributed by atoms with Crippen LogP contribution in [0.5, 0.6) is 5.75 Å². The van der Waals surface area contributed by atoms with E-state index in [1.165, 1.54) is 12.1 Å². The van der Waals surface area contributed by atoms with Gasteiger partial charge in [0.15, 0.2) is 6.61 Å². The molecule has 5 nitrogen and oxygen atoms in total. The fraction of sp³-hybridized carbons (Fsp3) is 0.533. The van der Waals surface area contributed by atoms with E-state index in [1.54, 1.807) is 13.0 Å². The van der Waals surface area contributed by atoms with E-state index < -0.39 is 12.8 Å². The minimum Gasteiger partial charge on any atom is -0.484 e. The average molecular weight is 332 g/mol. The van der Waals surface area contributed by atoms with Crippen LogP contribution in [0.2, 0.25) is 0 Å². The largest absolute Gasteiger partial charge is 0.484 e. The van der Waals surface area contributed by atoms with Crippen molar-refractivity contribution in [3.05, 3.63) is 23.8 Å². The Balaban J connectivity index is 1.95. The maximum absolute atomic E-state index is 12.2. The molecule has 128 valence electrons. The Kier molecular flexibility index (Phi) is 5.84. The van der Waals surface area contributed by atoms with Crippen LogP contribution in [-0.2, 0) is 9.53 Å². The van der Waals surface area contributed by atoms with Crippen LogP contribution in [0.25, 0.3) is 0 Å². The number of halogens is 3. The second-order valence-electron chi connectivity index (χ2n) is 5.31. The van der Waals surface area contributed by atoms with E-state index in [0.29, 0.717) is 31.0 Å². The first-order chi connectivity index (χ1) is 10.8. The first-order valence-corrected chi connectivity index (χ1v) is 7.25. The van der Waals surface area contributed by atoms with Crippen LogP contribution in [0, 0.1) is 6.92 Å². The number of nitrogens with one attached hydrogen (secondary N) is 2. The highest BCUT2D eigenvalue weighted by Gasteiger charge is 2.28. The van der Waals surface area contributed by atoms with Crippen molar-refractivity contribution in [2.24, 2.45) is 0 Å². The van der Waals surface area contributed by atoms with Crippen LogP contribution < -0.4 is 15.4 Å². The highest BCUT2D eigenvalue weighted by Crippen LogP contribution is 2.27. The molecular formula is C15H19F3N2O3. The number of rotatable bonds is 5. The van der Waals surface area contributed by atoms with Crippen molar-refractivity contribution in [1.82, 2.24) is 5.32 Å². The number of morpholine rings is 1. The predicted octanol–water partition coefficient (Wildman–Crippen LogP) is 2.25. The molecule has 1 amide bonds.